The normalized spacial score (nSPS) is 11.6. The van der Waals surface area contributed by atoms with Gasteiger partial charge in [0.2, 0.25) is 5.91 Å². The monoisotopic (exact) mass is 562 g/mol. The number of hydrogen-bond donors (Lipinski definition) is 1. The van der Waals surface area contributed by atoms with Crippen LogP contribution in [0.5, 0.6) is 5.75 Å². The van der Waals surface area contributed by atoms with Crippen LogP contribution < -0.4 is 10.1 Å². The SMILES string of the molecule is COc1ccc(Cl)cc1-n1nc(NC(=O)CN(C)C(=O)OC(C)(C)C)c2cnc(-c3cnn4cccnc34)cc21. The molecule has 0 aliphatic carbocycles. The summed E-state index contributed by atoms with van der Waals surface area (Å²) in [6.07, 6.45) is 6.17. The van der Waals surface area contributed by atoms with Crippen molar-refractivity contribution in [3.8, 4) is 22.7 Å². The number of ether oxygens (including phenoxy) is 2. The average molecular weight is 563 g/mol. The van der Waals surface area contributed by atoms with E-state index >= 15 is 0 Å². The number of carbonyl (C=O) groups is 2. The molecule has 0 radical (unpaired) electrons. The summed E-state index contributed by atoms with van der Waals surface area (Å²) in [5.41, 5.74) is 2.45. The summed E-state index contributed by atoms with van der Waals surface area (Å²) >= 11 is 6.33. The van der Waals surface area contributed by atoms with Crippen LogP contribution in [-0.4, -0.2) is 72.6 Å². The number of amides is 2. The molecule has 206 valence electrons. The molecule has 0 spiro atoms. The molecule has 0 aliphatic rings. The standard InChI is InChI=1S/C27H27ClN8O4/c1-27(2,3)40-26(38)34(4)15-23(37)32-24-18-13-30-19(17-14-31-35-10-6-9-29-25(17)35)12-20(18)36(33-24)21-11-16(28)7-8-22(21)39-5/h6-14H,15H2,1-5H3,(H,32,33,37). The van der Waals surface area contributed by atoms with Gasteiger partial charge in [0.1, 0.15) is 23.6 Å². The van der Waals surface area contributed by atoms with E-state index in [2.05, 4.69) is 25.5 Å². The third-order valence-electron chi connectivity index (χ3n) is 5.83. The second kappa shape index (κ2) is 10.5. The van der Waals surface area contributed by atoms with Crippen LogP contribution in [0, 0.1) is 0 Å². The number of nitrogens with zero attached hydrogens (tertiary/aromatic N) is 7. The first-order valence-electron chi connectivity index (χ1n) is 12.3. The number of nitrogens with one attached hydrogen (secondary N) is 1. The molecule has 12 nitrogen and oxygen atoms in total. The van der Waals surface area contributed by atoms with Gasteiger partial charge in [-0.25, -0.2) is 19.0 Å². The number of anilines is 1. The summed E-state index contributed by atoms with van der Waals surface area (Å²) in [6, 6.07) is 8.78. The van der Waals surface area contributed by atoms with Gasteiger partial charge in [-0.05, 0) is 51.1 Å². The lowest BCUT2D eigenvalue weighted by Crippen LogP contribution is -2.38. The number of hydrogen-bond acceptors (Lipinski definition) is 8. The zero-order valence-electron chi connectivity index (χ0n) is 22.5. The summed E-state index contributed by atoms with van der Waals surface area (Å²) in [4.78, 5) is 35.6. The van der Waals surface area contributed by atoms with Crippen molar-refractivity contribution in [3.63, 3.8) is 0 Å². The van der Waals surface area contributed by atoms with Gasteiger partial charge in [-0.15, -0.1) is 5.10 Å². The topological polar surface area (TPSA) is 129 Å². The number of halogens is 1. The minimum Gasteiger partial charge on any atom is -0.494 e. The largest absolute Gasteiger partial charge is 0.494 e. The van der Waals surface area contributed by atoms with Crippen LogP contribution in [0.3, 0.4) is 0 Å². The first-order valence-corrected chi connectivity index (χ1v) is 12.7. The van der Waals surface area contributed by atoms with Gasteiger partial charge in [0.05, 0.1) is 35.5 Å². The summed E-state index contributed by atoms with van der Waals surface area (Å²) in [7, 11) is 3.03. The van der Waals surface area contributed by atoms with Crippen molar-refractivity contribution in [2.24, 2.45) is 0 Å². The van der Waals surface area contributed by atoms with Crippen LogP contribution in [0.1, 0.15) is 20.8 Å². The number of rotatable bonds is 6. The molecule has 1 N–H and O–H groups in total. The fourth-order valence-corrected chi connectivity index (χ4v) is 4.23. The Morgan fingerprint density at radius 2 is 1.95 bits per heavy atom. The molecule has 0 aliphatic heterocycles. The van der Waals surface area contributed by atoms with Gasteiger partial charge in [0.25, 0.3) is 0 Å². The third kappa shape index (κ3) is 5.38. The fraction of sp³-hybridized carbons (Fsp3) is 0.259. The summed E-state index contributed by atoms with van der Waals surface area (Å²) in [5.74, 6) is 0.304. The Morgan fingerprint density at radius 1 is 1.15 bits per heavy atom. The van der Waals surface area contributed by atoms with E-state index in [1.165, 1.54) is 11.9 Å². The number of methoxy groups -OCH3 is 1. The maximum Gasteiger partial charge on any atom is 0.410 e. The van der Waals surface area contributed by atoms with Gasteiger partial charge in [-0.3, -0.25) is 9.78 Å². The lowest BCUT2D eigenvalue weighted by atomic mass is 10.2. The van der Waals surface area contributed by atoms with Gasteiger partial charge in [-0.1, -0.05) is 11.6 Å². The van der Waals surface area contributed by atoms with Crippen molar-refractivity contribution in [2.75, 3.05) is 26.0 Å². The number of benzene rings is 1. The Bertz CT molecular complexity index is 1740. The molecule has 1 aromatic carbocycles. The zero-order chi connectivity index (χ0) is 28.6. The van der Waals surface area contributed by atoms with Crippen molar-refractivity contribution in [1.29, 1.82) is 0 Å². The first kappa shape index (κ1) is 26.9. The second-order valence-electron chi connectivity index (χ2n) is 9.99. The van der Waals surface area contributed by atoms with E-state index in [-0.39, 0.29) is 12.4 Å². The molecular weight excluding hydrogens is 536 g/mol. The smallest absolute Gasteiger partial charge is 0.410 e. The molecule has 0 bridgehead atoms. The number of likely N-dealkylation sites (N-methyl/N-ethyl adjacent to an activating group) is 1. The van der Waals surface area contributed by atoms with Crippen LogP contribution >= 0.6 is 11.6 Å². The van der Waals surface area contributed by atoms with Gasteiger partial charge < -0.3 is 19.7 Å². The maximum atomic E-state index is 13.0. The van der Waals surface area contributed by atoms with E-state index in [1.54, 1.807) is 86.1 Å². The van der Waals surface area contributed by atoms with E-state index in [0.717, 1.165) is 5.56 Å². The van der Waals surface area contributed by atoms with Gasteiger partial charge >= 0.3 is 6.09 Å². The second-order valence-corrected chi connectivity index (χ2v) is 10.4. The third-order valence-corrected chi connectivity index (χ3v) is 6.07. The van der Waals surface area contributed by atoms with Crippen LogP contribution in [0.15, 0.2) is 55.1 Å². The Labute approximate surface area is 234 Å². The molecule has 13 heteroatoms. The Balaban J connectivity index is 1.56. The summed E-state index contributed by atoms with van der Waals surface area (Å²) < 4.78 is 14.2. The molecule has 0 atom stereocenters. The van der Waals surface area contributed by atoms with Crippen molar-refractivity contribution in [3.05, 3.63) is 60.1 Å². The lowest BCUT2D eigenvalue weighted by Gasteiger charge is -2.24. The highest BCUT2D eigenvalue weighted by Crippen LogP contribution is 2.34. The quantitative estimate of drug-likeness (QED) is 0.318. The van der Waals surface area contributed by atoms with Crippen LogP contribution in [0.4, 0.5) is 10.6 Å². The average Bonchev–Trinajstić information content (AvgIpc) is 3.49. The van der Waals surface area contributed by atoms with Crippen LogP contribution in [0.2, 0.25) is 5.02 Å². The molecule has 5 rings (SSSR count). The molecule has 4 heterocycles. The Hall–Kier alpha value is -4.71. The summed E-state index contributed by atoms with van der Waals surface area (Å²) in [5, 5.41) is 12.9. The zero-order valence-corrected chi connectivity index (χ0v) is 23.3. The van der Waals surface area contributed by atoms with Crippen LogP contribution in [-0.2, 0) is 9.53 Å². The van der Waals surface area contributed by atoms with E-state index in [1.807, 2.05) is 6.07 Å². The Morgan fingerprint density at radius 3 is 2.70 bits per heavy atom. The minimum atomic E-state index is -0.688. The Kier molecular flexibility index (Phi) is 7.03. The predicted molar refractivity (Wildman–Crippen MR) is 150 cm³/mol. The highest BCUT2D eigenvalue weighted by atomic mass is 35.5. The maximum absolute atomic E-state index is 13.0. The number of carbonyl (C=O) groups excluding carboxylic acids is 2. The molecular formula is C27H27ClN8O4. The first-order chi connectivity index (χ1) is 19.0. The molecule has 0 unspecified atom stereocenters. The van der Waals surface area contributed by atoms with E-state index in [9.17, 15) is 9.59 Å². The van der Waals surface area contributed by atoms with Crippen molar-refractivity contribution < 1.29 is 19.1 Å². The summed E-state index contributed by atoms with van der Waals surface area (Å²) in [6.45, 7) is 5.02. The fourth-order valence-electron chi connectivity index (χ4n) is 4.06. The number of aromatic nitrogens is 6. The predicted octanol–water partition coefficient (Wildman–Crippen LogP) is 4.60. The highest BCUT2D eigenvalue weighted by Gasteiger charge is 2.23. The molecule has 4 aromatic heterocycles. The number of fused-ring (bicyclic) bond motifs is 2. The van der Waals surface area contributed by atoms with Crippen molar-refractivity contribution in [1.82, 2.24) is 34.3 Å². The molecule has 0 fully saturated rings. The molecule has 0 saturated heterocycles. The van der Waals surface area contributed by atoms with Crippen molar-refractivity contribution >= 4 is 46.0 Å². The van der Waals surface area contributed by atoms with E-state index < -0.39 is 17.6 Å². The molecule has 0 saturated carbocycles. The molecule has 2 amide bonds. The van der Waals surface area contributed by atoms with Gasteiger partial charge in [0.15, 0.2) is 11.5 Å². The van der Waals surface area contributed by atoms with Gasteiger partial charge in [0, 0.05) is 30.7 Å². The highest BCUT2D eigenvalue weighted by molar-refractivity contribution is 6.30. The lowest BCUT2D eigenvalue weighted by molar-refractivity contribution is -0.117. The van der Waals surface area contributed by atoms with E-state index in [0.29, 0.717) is 38.7 Å². The number of pyridine rings is 1. The van der Waals surface area contributed by atoms with E-state index in [4.69, 9.17) is 21.1 Å². The van der Waals surface area contributed by atoms with Crippen LogP contribution in [0.25, 0.3) is 33.5 Å². The molecule has 5 aromatic rings. The van der Waals surface area contributed by atoms with Gasteiger partial charge in [-0.2, -0.15) is 5.10 Å². The van der Waals surface area contributed by atoms with Crippen molar-refractivity contribution in [2.45, 2.75) is 26.4 Å². The minimum absolute atomic E-state index is 0.247. The molecule has 40 heavy (non-hydrogen) atoms.